The van der Waals surface area contributed by atoms with Crippen molar-refractivity contribution < 1.29 is 23.2 Å². The van der Waals surface area contributed by atoms with Crippen LogP contribution in [0.3, 0.4) is 0 Å². The quantitative estimate of drug-likeness (QED) is 0.532. The number of nitrogens with zero attached hydrogens (tertiary/aromatic N) is 3. The molecule has 3 amide bonds. The third kappa shape index (κ3) is 3.99. The maximum Gasteiger partial charge on any atom is 0.270 e. The molecule has 1 saturated heterocycles. The fourth-order valence-corrected chi connectivity index (χ4v) is 5.66. The molecule has 10 heteroatoms. The van der Waals surface area contributed by atoms with Crippen LogP contribution in [-0.2, 0) is 15.0 Å². The normalized spacial score (nSPS) is 21.0. The summed E-state index contributed by atoms with van der Waals surface area (Å²) in [6, 6.07) is 10.7. The number of H-pyrrole nitrogens is 1. The summed E-state index contributed by atoms with van der Waals surface area (Å²) >= 11 is 0. The van der Waals surface area contributed by atoms with Gasteiger partial charge >= 0.3 is 0 Å². The maximum absolute atomic E-state index is 14.2. The van der Waals surface area contributed by atoms with E-state index in [0.29, 0.717) is 12.1 Å². The van der Waals surface area contributed by atoms with Gasteiger partial charge in [-0.25, -0.2) is 8.78 Å². The first-order valence-corrected chi connectivity index (χ1v) is 12.4. The summed E-state index contributed by atoms with van der Waals surface area (Å²) in [5.74, 6) is -2.84. The average molecular weight is 520 g/mol. The van der Waals surface area contributed by atoms with Gasteiger partial charge in [0.25, 0.3) is 5.91 Å². The topological polar surface area (TPSA) is 109 Å². The average Bonchev–Trinajstić information content (AvgIpc) is 3.56. The Morgan fingerprint density at radius 2 is 1.97 bits per heavy atom. The number of fused-ring (bicyclic) bond motifs is 3. The number of hydrogen-bond acceptors (Lipinski definition) is 4. The van der Waals surface area contributed by atoms with Crippen LogP contribution >= 0.6 is 0 Å². The van der Waals surface area contributed by atoms with Crippen LogP contribution in [0.2, 0.25) is 0 Å². The van der Waals surface area contributed by atoms with Crippen molar-refractivity contribution in [3.05, 3.63) is 65.4 Å². The molecular formula is C28H27F2N5O3. The van der Waals surface area contributed by atoms with Crippen molar-refractivity contribution >= 4 is 34.3 Å². The summed E-state index contributed by atoms with van der Waals surface area (Å²) in [5.41, 5.74) is 0.501. The molecule has 2 aliphatic heterocycles. The highest BCUT2D eigenvalue weighted by molar-refractivity contribution is 6.07. The van der Waals surface area contributed by atoms with E-state index in [1.54, 1.807) is 12.1 Å². The molecule has 1 fully saturated rings. The van der Waals surface area contributed by atoms with Crippen molar-refractivity contribution in [2.75, 3.05) is 18.9 Å². The van der Waals surface area contributed by atoms with Crippen molar-refractivity contribution in [3.63, 3.8) is 0 Å². The minimum Gasteiger partial charge on any atom is -0.350 e. The van der Waals surface area contributed by atoms with Gasteiger partial charge in [0.15, 0.2) is 0 Å². The summed E-state index contributed by atoms with van der Waals surface area (Å²) in [7, 11) is 1.47. The van der Waals surface area contributed by atoms with Crippen LogP contribution in [0.1, 0.15) is 42.7 Å². The summed E-state index contributed by atoms with van der Waals surface area (Å²) < 4.78 is 27.9. The number of carbonyl (C=O) groups excluding carboxylic acids is 3. The van der Waals surface area contributed by atoms with Gasteiger partial charge in [0.1, 0.15) is 29.4 Å². The predicted molar refractivity (Wildman–Crippen MR) is 136 cm³/mol. The first-order chi connectivity index (χ1) is 18.1. The van der Waals surface area contributed by atoms with Crippen LogP contribution in [0.15, 0.2) is 42.5 Å². The maximum atomic E-state index is 14.2. The molecule has 1 spiro atoms. The lowest BCUT2D eigenvalue weighted by Crippen LogP contribution is -2.52. The van der Waals surface area contributed by atoms with Gasteiger partial charge in [-0.15, -0.1) is 0 Å². The van der Waals surface area contributed by atoms with Crippen molar-refractivity contribution in [3.8, 4) is 6.07 Å². The molecule has 196 valence electrons. The number of likely N-dealkylation sites (tertiary alicyclic amines) is 1. The van der Waals surface area contributed by atoms with E-state index < -0.39 is 40.9 Å². The standard InChI is InChI=1S/C28H27F2N5O3/c1-15(2)8-24(34(3)25(36)23-11-18-20(30)9-16(29)10-22(18)32-23)26(37)35-14-28(12-17(35)13-31)19-6-4-5-7-21(19)33-27(28)38/h4-7,9-11,15,17,24,32H,8,12,14H2,1-3H3,(H,33,38)/t17?,24-,28-/m0/s1. The number of amides is 3. The number of likely N-dealkylation sites (N-methyl/N-ethyl adjacent to an activating group) is 1. The molecule has 1 aromatic heterocycles. The second-order valence-corrected chi connectivity index (χ2v) is 10.5. The number of rotatable bonds is 5. The number of aromatic amines is 1. The van der Waals surface area contributed by atoms with Crippen LogP contribution in [-0.4, -0.2) is 58.2 Å². The lowest BCUT2D eigenvalue weighted by molar-refractivity contribution is -0.136. The van der Waals surface area contributed by atoms with Gasteiger partial charge in [-0.1, -0.05) is 32.0 Å². The minimum absolute atomic E-state index is 0.00683. The van der Waals surface area contributed by atoms with E-state index in [9.17, 15) is 28.4 Å². The smallest absolute Gasteiger partial charge is 0.270 e. The summed E-state index contributed by atoms with van der Waals surface area (Å²) in [5, 5.41) is 12.9. The largest absolute Gasteiger partial charge is 0.350 e. The Morgan fingerprint density at radius 1 is 1.24 bits per heavy atom. The van der Waals surface area contributed by atoms with Gasteiger partial charge in [0.05, 0.1) is 17.0 Å². The predicted octanol–water partition coefficient (Wildman–Crippen LogP) is 3.95. The molecule has 1 unspecified atom stereocenters. The van der Waals surface area contributed by atoms with Gasteiger partial charge in [-0.05, 0) is 36.1 Å². The zero-order valence-electron chi connectivity index (χ0n) is 21.2. The van der Waals surface area contributed by atoms with Gasteiger partial charge in [0.2, 0.25) is 11.8 Å². The first kappa shape index (κ1) is 25.4. The summed E-state index contributed by atoms with van der Waals surface area (Å²) in [6.07, 6.45) is 0.450. The van der Waals surface area contributed by atoms with Crippen molar-refractivity contribution in [1.82, 2.24) is 14.8 Å². The Kier molecular flexibility index (Phi) is 6.18. The molecule has 2 aliphatic rings. The number of halogens is 2. The van der Waals surface area contributed by atoms with Crippen molar-refractivity contribution in [1.29, 1.82) is 5.26 Å². The molecule has 3 atom stereocenters. The number of nitrogens with one attached hydrogen (secondary N) is 2. The Hall–Kier alpha value is -4.26. The molecule has 8 nitrogen and oxygen atoms in total. The molecule has 5 rings (SSSR count). The lowest BCUT2D eigenvalue weighted by Gasteiger charge is -2.33. The molecule has 2 N–H and O–H groups in total. The molecule has 0 aliphatic carbocycles. The van der Waals surface area contributed by atoms with Crippen molar-refractivity contribution in [2.45, 2.75) is 44.2 Å². The number of hydrogen-bond donors (Lipinski definition) is 2. The Bertz CT molecular complexity index is 1510. The number of anilines is 1. The van der Waals surface area contributed by atoms with Crippen LogP contribution in [0.25, 0.3) is 10.9 Å². The van der Waals surface area contributed by atoms with E-state index in [0.717, 1.165) is 17.7 Å². The lowest BCUT2D eigenvalue weighted by atomic mass is 9.80. The number of carbonyl (C=O) groups is 3. The van der Waals surface area contributed by atoms with Gasteiger partial charge < -0.3 is 20.1 Å². The van der Waals surface area contributed by atoms with Crippen LogP contribution < -0.4 is 5.32 Å². The molecular weight excluding hydrogens is 492 g/mol. The zero-order valence-corrected chi connectivity index (χ0v) is 21.2. The SMILES string of the molecule is CC(C)C[C@@H](C(=O)N1C[C@]2(CC1C#N)C(=O)Nc1ccccc12)N(C)C(=O)c1cc2c(F)cc(F)cc2[nH]1. The van der Waals surface area contributed by atoms with Gasteiger partial charge in [-0.3, -0.25) is 14.4 Å². The van der Waals surface area contributed by atoms with E-state index >= 15 is 0 Å². The van der Waals surface area contributed by atoms with Crippen LogP contribution in [0.5, 0.6) is 0 Å². The monoisotopic (exact) mass is 519 g/mol. The van der Waals surface area contributed by atoms with E-state index in [2.05, 4.69) is 16.4 Å². The summed E-state index contributed by atoms with van der Waals surface area (Å²) in [4.78, 5) is 46.0. The molecule has 3 heterocycles. The Labute approximate surface area is 218 Å². The molecule has 0 radical (unpaired) electrons. The fraction of sp³-hybridized carbons (Fsp3) is 0.357. The van der Waals surface area contributed by atoms with E-state index in [4.69, 9.17) is 0 Å². The highest BCUT2D eigenvalue weighted by atomic mass is 19.1. The van der Waals surface area contributed by atoms with Crippen LogP contribution in [0.4, 0.5) is 14.5 Å². The molecule has 38 heavy (non-hydrogen) atoms. The Balaban J connectivity index is 1.46. The Morgan fingerprint density at radius 3 is 2.68 bits per heavy atom. The number of benzene rings is 2. The zero-order chi connectivity index (χ0) is 27.4. The number of aromatic nitrogens is 1. The minimum atomic E-state index is -1.05. The molecule has 3 aromatic rings. The molecule has 2 aromatic carbocycles. The van der Waals surface area contributed by atoms with Crippen LogP contribution in [0, 0.1) is 28.9 Å². The fourth-order valence-electron chi connectivity index (χ4n) is 5.66. The summed E-state index contributed by atoms with van der Waals surface area (Å²) in [6.45, 7) is 3.83. The van der Waals surface area contributed by atoms with E-state index in [-0.39, 0.29) is 41.4 Å². The van der Waals surface area contributed by atoms with E-state index in [1.165, 1.54) is 22.9 Å². The number of para-hydroxylation sites is 1. The molecule has 0 saturated carbocycles. The second-order valence-electron chi connectivity index (χ2n) is 10.5. The van der Waals surface area contributed by atoms with E-state index in [1.807, 2.05) is 26.0 Å². The van der Waals surface area contributed by atoms with Gasteiger partial charge in [-0.2, -0.15) is 5.26 Å². The third-order valence-electron chi connectivity index (χ3n) is 7.57. The number of nitriles is 1. The third-order valence-corrected chi connectivity index (χ3v) is 7.57. The second kappa shape index (κ2) is 9.24. The highest BCUT2D eigenvalue weighted by Gasteiger charge is 2.56. The van der Waals surface area contributed by atoms with Crippen molar-refractivity contribution in [2.24, 2.45) is 5.92 Å². The molecule has 0 bridgehead atoms. The first-order valence-electron chi connectivity index (χ1n) is 12.4. The highest BCUT2D eigenvalue weighted by Crippen LogP contribution is 2.46. The van der Waals surface area contributed by atoms with Gasteiger partial charge in [0, 0.05) is 37.2 Å².